The summed E-state index contributed by atoms with van der Waals surface area (Å²) in [6, 6.07) is 0. The van der Waals surface area contributed by atoms with Crippen LogP contribution < -0.4 is 0 Å². The van der Waals surface area contributed by atoms with Gasteiger partial charge in [0.1, 0.15) is 19.3 Å². The maximum absolute atomic E-state index is 13.1. The first-order valence-corrected chi connectivity index (χ1v) is 46.5. The fourth-order valence-electron chi connectivity index (χ4n) is 13.1. The second-order valence-electron chi connectivity index (χ2n) is 31.2. The summed E-state index contributed by atoms with van der Waals surface area (Å²) in [4.78, 5) is 73.1. The molecule has 0 aliphatic rings. The van der Waals surface area contributed by atoms with Crippen LogP contribution in [0.1, 0.15) is 446 Å². The Hall–Kier alpha value is -1.94. The summed E-state index contributed by atoms with van der Waals surface area (Å²) >= 11 is 0. The van der Waals surface area contributed by atoms with Crippen LogP contribution >= 0.6 is 15.6 Å². The third kappa shape index (κ3) is 78.0. The van der Waals surface area contributed by atoms with Crippen LogP contribution in [0.25, 0.3) is 0 Å². The topological polar surface area (TPSA) is 237 Å². The minimum absolute atomic E-state index is 0.106. The van der Waals surface area contributed by atoms with Gasteiger partial charge in [0.05, 0.1) is 26.4 Å². The monoisotopic (exact) mass is 1510 g/mol. The van der Waals surface area contributed by atoms with E-state index in [2.05, 4.69) is 41.5 Å². The van der Waals surface area contributed by atoms with Crippen LogP contribution in [0.2, 0.25) is 0 Å². The molecule has 5 atom stereocenters. The number of ether oxygens (including phenoxy) is 4. The highest BCUT2D eigenvalue weighted by Gasteiger charge is 2.30. The smallest absolute Gasteiger partial charge is 0.462 e. The second-order valence-corrected chi connectivity index (χ2v) is 34.1. The fourth-order valence-corrected chi connectivity index (χ4v) is 14.6. The van der Waals surface area contributed by atoms with Gasteiger partial charge < -0.3 is 33.8 Å². The molecule has 3 N–H and O–H groups in total. The Labute approximate surface area is 632 Å². The van der Waals surface area contributed by atoms with Crippen LogP contribution in [0.5, 0.6) is 0 Å². The van der Waals surface area contributed by atoms with E-state index >= 15 is 0 Å². The number of phosphoric ester groups is 2. The van der Waals surface area contributed by atoms with Crippen LogP contribution in [0.15, 0.2) is 0 Å². The van der Waals surface area contributed by atoms with E-state index in [9.17, 15) is 43.2 Å². The first-order valence-electron chi connectivity index (χ1n) is 43.5. The quantitative estimate of drug-likeness (QED) is 0.0222. The molecule has 0 bridgehead atoms. The molecule has 0 radical (unpaired) electrons. The summed E-state index contributed by atoms with van der Waals surface area (Å²) in [5.41, 5.74) is 0. The number of carbonyl (C=O) groups is 4. The molecule has 2 unspecified atom stereocenters. The van der Waals surface area contributed by atoms with E-state index in [0.29, 0.717) is 31.6 Å². The van der Waals surface area contributed by atoms with E-state index in [1.165, 1.54) is 257 Å². The largest absolute Gasteiger partial charge is 0.472 e. The number of esters is 4. The lowest BCUT2D eigenvalue weighted by Gasteiger charge is -2.21. The van der Waals surface area contributed by atoms with Crippen molar-refractivity contribution in [2.24, 2.45) is 11.8 Å². The molecule has 0 amide bonds. The molecule has 103 heavy (non-hydrogen) atoms. The summed E-state index contributed by atoms with van der Waals surface area (Å²) in [5.74, 6) is -0.664. The Morgan fingerprint density at radius 1 is 0.262 bits per heavy atom. The zero-order valence-electron chi connectivity index (χ0n) is 67.6. The third-order valence-corrected chi connectivity index (χ3v) is 21.6. The van der Waals surface area contributed by atoms with E-state index in [-0.39, 0.29) is 25.7 Å². The summed E-state index contributed by atoms with van der Waals surface area (Å²) in [6.45, 7) is 9.57. The van der Waals surface area contributed by atoms with E-state index in [1.54, 1.807) is 0 Å². The van der Waals surface area contributed by atoms with Crippen molar-refractivity contribution in [1.29, 1.82) is 0 Å². The highest BCUT2D eigenvalue weighted by Crippen LogP contribution is 2.45. The number of aliphatic hydroxyl groups excluding tert-OH is 1. The zero-order valence-corrected chi connectivity index (χ0v) is 69.4. The van der Waals surface area contributed by atoms with Gasteiger partial charge in [-0.2, -0.15) is 0 Å². The van der Waals surface area contributed by atoms with E-state index in [1.807, 2.05) is 0 Å². The average molecular weight is 1510 g/mol. The van der Waals surface area contributed by atoms with Gasteiger partial charge in [-0.25, -0.2) is 9.13 Å². The maximum Gasteiger partial charge on any atom is 0.472 e. The fraction of sp³-hybridized carbons (Fsp3) is 0.952. The van der Waals surface area contributed by atoms with Gasteiger partial charge in [0.25, 0.3) is 0 Å². The molecule has 0 fully saturated rings. The predicted molar refractivity (Wildman–Crippen MR) is 423 cm³/mol. The number of phosphoric acid groups is 2. The molecular weight excluding hydrogens is 1340 g/mol. The molecule has 19 heteroatoms. The molecule has 0 aliphatic heterocycles. The van der Waals surface area contributed by atoms with E-state index in [0.717, 1.165) is 102 Å². The Balaban J connectivity index is 5.20. The first kappa shape index (κ1) is 101. The molecule has 0 aromatic carbocycles. The Kier molecular flexibility index (Phi) is 74.1. The Morgan fingerprint density at radius 3 is 0.660 bits per heavy atom. The van der Waals surface area contributed by atoms with Gasteiger partial charge in [-0.05, 0) is 37.5 Å². The van der Waals surface area contributed by atoms with Crippen molar-refractivity contribution in [3.8, 4) is 0 Å². The SMILES string of the molecule is CCCCCCCCCCCCCCCCCCCCCCCC(=O)O[C@H](COC(=O)CCCCCCCCCCCCCCCCCCCCC)COP(=O)(O)OC[C@@H](O)COP(=O)(O)OC[C@@H](COC(=O)CCCCCCCCC(C)C)OC(=O)CCCCCCCCCCCCCC(C)C. The molecule has 0 saturated carbocycles. The Morgan fingerprint density at radius 2 is 0.447 bits per heavy atom. The number of aliphatic hydroxyl groups is 1. The van der Waals surface area contributed by atoms with E-state index < -0.39 is 97.5 Å². The van der Waals surface area contributed by atoms with Crippen molar-refractivity contribution in [2.45, 2.75) is 464 Å². The van der Waals surface area contributed by atoms with Gasteiger partial charge in [0.2, 0.25) is 0 Å². The van der Waals surface area contributed by atoms with Crippen molar-refractivity contribution in [3.05, 3.63) is 0 Å². The Bertz CT molecular complexity index is 1980. The number of carbonyl (C=O) groups excluding carboxylic acids is 4. The lowest BCUT2D eigenvalue weighted by Crippen LogP contribution is -2.30. The molecule has 0 saturated heterocycles. The van der Waals surface area contributed by atoms with Gasteiger partial charge in [-0.3, -0.25) is 37.3 Å². The number of rotatable bonds is 83. The summed E-state index contributed by atoms with van der Waals surface area (Å²) in [7, 11) is -9.92. The second kappa shape index (κ2) is 75.5. The minimum Gasteiger partial charge on any atom is -0.462 e. The molecular formula is C84H164O17P2. The maximum atomic E-state index is 13.1. The number of hydrogen-bond donors (Lipinski definition) is 3. The summed E-state index contributed by atoms with van der Waals surface area (Å²) < 4.78 is 68.8. The van der Waals surface area contributed by atoms with Gasteiger partial charge in [-0.1, -0.05) is 395 Å². The lowest BCUT2D eigenvalue weighted by molar-refractivity contribution is -0.161. The van der Waals surface area contributed by atoms with Crippen LogP contribution in [0.4, 0.5) is 0 Å². The normalized spacial score (nSPS) is 13.9. The standard InChI is InChI=1S/C84H164O17P2/c1-7-9-11-13-15-17-19-21-23-25-27-28-30-32-34-36-40-44-48-56-62-68-83(88)100-79(72-94-81(86)66-60-54-47-43-39-35-33-31-29-26-24-22-20-18-16-14-12-10-8-2)74-98-102(90,91)96-70-78(85)71-97-103(92,93)99-75-80(73-95-82(87)67-61-55-51-50-53-59-65-77(5)6)101-84(89)69-63-57-49-45-41-37-38-42-46-52-58-64-76(3)4/h76-80,85H,7-75H2,1-6H3,(H,90,91)(H,92,93)/t78-,79-,80-/m1/s1. The molecule has 17 nitrogen and oxygen atoms in total. The van der Waals surface area contributed by atoms with Crippen LogP contribution in [-0.4, -0.2) is 96.7 Å². The van der Waals surface area contributed by atoms with Crippen LogP contribution in [-0.2, 0) is 65.4 Å². The predicted octanol–water partition coefficient (Wildman–Crippen LogP) is 25.5. The third-order valence-electron chi connectivity index (χ3n) is 19.7. The zero-order chi connectivity index (χ0) is 75.6. The molecule has 0 aliphatic carbocycles. The average Bonchev–Trinajstić information content (AvgIpc) is 0.931. The van der Waals surface area contributed by atoms with Crippen molar-refractivity contribution >= 4 is 39.5 Å². The van der Waals surface area contributed by atoms with Gasteiger partial charge >= 0.3 is 39.5 Å². The molecule has 0 rings (SSSR count). The summed E-state index contributed by atoms with van der Waals surface area (Å²) in [6.07, 6.45) is 67.0. The number of unbranched alkanes of at least 4 members (excludes halogenated alkanes) is 53. The minimum atomic E-state index is -4.96. The lowest BCUT2D eigenvalue weighted by atomic mass is 10.0. The molecule has 612 valence electrons. The molecule has 0 aromatic rings. The van der Waals surface area contributed by atoms with E-state index in [4.69, 9.17) is 37.0 Å². The van der Waals surface area contributed by atoms with Crippen molar-refractivity contribution in [2.75, 3.05) is 39.6 Å². The van der Waals surface area contributed by atoms with Crippen molar-refractivity contribution < 1.29 is 80.2 Å². The molecule has 0 heterocycles. The summed E-state index contributed by atoms with van der Waals surface area (Å²) in [5, 5.41) is 10.7. The van der Waals surface area contributed by atoms with Gasteiger partial charge in [0, 0.05) is 25.7 Å². The van der Waals surface area contributed by atoms with Gasteiger partial charge in [0.15, 0.2) is 12.2 Å². The van der Waals surface area contributed by atoms with Gasteiger partial charge in [-0.15, -0.1) is 0 Å². The van der Waals surface area contributed by atoms with Crippen LogP contribution in [0, 0.1) is 11.8 Å². The highest BCUT2D eigenvalue weighted by atomic mass is 31.2. The molecule has 0 spiro atoms. The van der Waals surface area contributed by atoms with Crippen molar-refractivity contribution in [1.82, 2.24) is 0 Å². The van der Waals surface area contributed by atoms with Crippen molar-refractivity contribution in [3.63, 3.8) is 0 Å². The highest BCUT2D eigenvalue weighted by molar-refractivity contribution is 7.47. The first-order chi connectivity index (χ1) is 49.9. The number of hydrogen-bond acceptors (Lipinski definition) is 15. The van der Waals surface area contributed by atoms with Crippen LogP contribution in [0.3, 0.4) is 0 Å². The molecule has 0 aromatic heterocycles.